The molecular formula is C20H29NO4. The first-order valence-electron chi connectivity index (χ1n) is 9.00. The van der Waals surface area contributed by atoms with Gasteiger partial charge in [-0.15, -0.1) is 0 Å². The van der Waals surface area contributed by atoms with Crippen molar-refractivity contribution >= 4 is 12.1 Å². The Kier molecular flexibility index (Phi) is 6.09. The van der Waals surface area contributed by atoms with Crippen molar-refractivity contribution < 1.29 is 19.4 Å². The van der Waals surface area contributed by atoms with E-state index in [2.05, 4.69) is 12.1 Å². The maximum absolute atomic E-state index is 11.9. The minimum absolute atomic E-state index is 0.0958. The van der Waals surface area contributed by atoms with Crippen molar-refractivity contribution in [1.29, 1.82) is 0 Å². The lowest BCUT2D eigenvalue weighted by molar-refractivity contribution is -0.196. The van der Waals surface area contributed by atoms with Crippen LogP contribution in [0.3, 0.4) is 0 Å². The molecule has 0 radical (unpaired) electrons. The fourth-order valence-corrected chi connectivity index (χ4v) is 3.49. The smallest absolute Gasteiger partial charge is 0.408 e. The number of benzene rings is 1. The van der Waals surface area contributed by atoms with Gasteiger partial charge in [-0.25, -0.2) is 9.59 Å². The van der Waals surface area contributed by atoms with Gasteiger partial charge in [0.15, 0.2) is 6.04 Å². The zero-order valence-electron chi connectivity index (χ0n) is 15.6. The standard InChI is InChI=1S/C20H29NO4/c1-14(2)17-16(18(22)25-17)21(19(23)24)20(3,4)13-9-8-12-15-10-6-5-7-11-15/h5-7,10-11,14,16-17H,8-9,12-13H2,1-4H3,(H,23,24). The largest absolute Gasteiger partial charge is 0.465 e. The van der Waals surface area contributed by atoms with Gasteiger partial charge in [0.2, 0.25) is 0 Å². The Labute approximate surface area is 150 Å². The molecule has 0 aliphatic carbocycles. The summed E-state index contributed by atoms with van der Waals surface area (Å²) in [7, 11) is 0. The molecule has 0 aromatic heterocycles. The van der Waals surface area contributed by atoms with Crippen LogP contribution >= 0.6 is 0 Å². The van der Waals surface area contributed by atoms with E-state index < -0.39 is 23.6 Å². The lowest BCUT2D eigenvalue weighted by atomic mass is 9.87. The molecule has 1 fully saturated rings. The van der Waals surface area contributed by atoms with Crippen LogP contribution in [0.15, 0.2) is 30.3 Å². The molecule has 1 amide bonds. The zero-order valence-corrected chi connectivity index (χ0v) is 15.6. The summed E-state index contributed by atoms with van der Waals surface area (Å²) in [6, 6.07) is 9.57. The van der Waals surface area contributed by atoms with Crippen LogP contribution in [0.5, 0.6) is 0 Å². The summed E-state index contributed by atoms with van der Waals surface area (Å²) < 4.78 is 5.18. The van der Waals surface area contributed by atoms with Crippen molar-refractivity contribution in [2.24, 2.45) is 5.92 Å². The first-order chi connectivity index (χ1) is 11.7. The Hall–Kier alpha value is -2.04. The van der Waals surface area contributed by atoms with Crippen LogP contribution < -0.4 is 0 Å². The van der Waals surface area contributed by atoms with Crippen molar-refractivity contribution in [3.63, 3.8) is 0 Å². The molecule has 0 saturated carbocycles. The molecule has 1 aromatic rings. The summed E-state index contributed by atoms with van der Waals surface area (Å²) in [6.07, 6.45) is 2.17. The number of cyclic esters (lactones) is 1. The molecular weight excluding hydrogens is 318 g/mol. The molecule has 2 rings (SSSR count). The lowest BCUT2D eigenvalue weighted by Gasteiger charge is -2.49. The second-order valence-corrected chi connectivity index (χ2v) is 7.75. The highest BCUT2D eigenvalue weighted by Gasteiger charge is 2.53. The van der Waals surface area contributed by atoms with E-state index in [1.165, 1.54) is 10.5 Å². The van der Waals surface area contributed by atoms with Crippen LogP contribution in [0.25, 0.3) is 0 Å². The lowest BCUT2D eigenvalue weighted by Crippen LogP contribution is -2.67. The fourth-order valence-electron chi connectivity index (χ4n) is 3.49. The van der Waals surface area contributed by atoms with E-state index in [9.17, 15) is 14.7 Å². The molecule has 0 bridgehead atoms. The van der Waals surface area contributed by atoms with Crippen molar-refractivity contribution in [1.82, 2.24) is 4.90 Å². The van der Waals surface area contributed by atoms with Gasteiger partial charge in [0.05, 0.1) is 0 Å². The number of ether oxygens (including phenoxy) is 1. The van der Waals surface area contributed by atoms with E-state index in [1.54, 1.807) is 0 Å². The molecule has 5 heteroatoms. The molecule has 1 heterocycles. The van der Waals surface area contributed by atoms with Crippen molar-refractivity contribution in [2.75, 3.05) is 0 Å². The number of esters is 1. The van der Waals surface area contributed by atoms with Gasteiger partial charge in [-0.05, 0) is 44.6 Å². The Morgan fingerprint density at radius 3 is 2.40 bits per heavy atom. The van der Waals surface area contributed by atoms with Crippen LogP contribution in [0, 0.1) is 5.92 Å². The van der Waals surface area contributed by atoms with Crippen LogP contribution in [0.2, 0.25) is 0 Å². The Balaban J connectivity index is 1.96. The molecule has 1 aliphatic rings. The molecule has 2 unspecified atom stereocenters. The van der Waals surface area contributed by atoms with Gasteiger partial charge in [-0.1, -0.05) is 50.6 Å². The monoisotopic (exact) mass is 347 g/mol. The molecule has 138 valence electrons. The SMILES string of the molecule is CC(C)C1OC(=O)C1N(C(=O)O)C(C)(C)CCCCc1ccccc1. The number of aryl methyl sites for hydroxylation is 1. The number of carbonyl (C=O) groups is 2. The highest BCUT2D eigenvalue weighted by molar-refractivity contribution is 5.86. The molecule has 25 heavy (non-hydrogen) atoms. The molecule has 1 aromatic carbocycles. The predicted octanol–water partition coefficient (Wildman–Crippen LogP) is 4.11. The normalized spacial score (nSPS) is 20.1. The maximum Gasteiger partial charge on any atom is 0.408 e. The number of carboxylic acid groups (broad SMARTS) is 1. The molecule has 1 saturated heterocycles. The minimum Gasteiger partial charge on any atom is -0.465 e. The Morgan fingerprint density at radius 1 is 1.24 bits per heavy atom. The third kappa shape index (κ3) is 4.53. The average molecular weight is 347 g/mol. The molecule has 2 atom stereocenters. The Bertz CT molecular complexity index is 597. The van der Waals surface area contributed by atoms with Crippen molar-refractivity contribution in [3.05, 3.63) is 35.9 Å². The van der Waals surface area contributed by atoms with Crippen molar-refractivity contribution in [2.45, 2.75) is 71.1 Å². The summed E-state index contributed by atoms with van der Waals surface area (Å²) in [6.45, 7) is 7.67. The topological polar surface area (TPSA) is 66.8 Å². The third-order valence-corrected chi connectivity index (χ3v) is 4.95. The fraction of sp³-hybridized carbons (Fsp3) is 0.600. The van der Waals surface area contributed by atoms with E-state index in [0.29, 0.717) is 6.42 Å². The van der Waals surface area contributed by atoms with Gasteiger partial charge in [0.1, 0.15) is 6.10 Å². The van der Waals surface area contributed by atoms with Gasteiger partial charge in [-0.3, -0.25) is 4.90 Å². The number of nitrogens with zero attached hydrogens (tertiary/aromatic N) is 1. The minimum atomic E-state index is -1.06. The summed E-state index contributed by atoms with van der Waals surface area (Å²) in [5.41, 5.74) is 0.678. The van der Waals surface area contributed by atoms with Gasteiger partial charge >= 0.3 is 12.1 Å². The second kappa shape index (κ2) is 7.89. The van der Waals surface area contributed by atoms with Crippen LogP contribution in [0.4, 0.5) is 4.79 Å². The van der Waals surface area contributed by atoms with Gasteiger partial charge in [-0.2, -0.15) is 0 Å². The Morgan fingerprint density at radius 2 is 1.88 bits per heavy atom. The number of hydrogen-bond acceptors (Lipinski definition) is 3. The summed E-state index contributed by atoms with van der Waals surface area (Å²) in [5.74, 6) is -0.336. The van der Waals surface area contributed by atoms with Crippen molar-refractivity contribution in [3.8, 4) is 0 Å². The first kappa shape index (κ1) is 19.3. The van der Waals surface area contributed by atoms with Gasteiger partial charge < -0.3 is 9.84 Å². The third-order valence-electron chi connectivity index (χ3n) is 4.95. The number of amides is 1. The van der Waals surface area contributed by atoms with E-state index >= 15 is 0 Å². The average Bonchev–Trinajstić information content (AvgIpc) is 2.54. The summed E-state index contributed by atoms with van der Waals surface area (Å²) >= 11 is 0. The quantitative estimate of drug-likeness (QED) is 0.568. The molecule has 5 nitrogen and oxygen atoms in total. The summed E-state index contributed by atoms with van der Waals surface area (Å²) in [5, 5.41) is 9.71. The molecule has 1 aliphatic heterocycles. The maximum atomic E-state index is 11.9. The van der Waals surface area contributed by atoms with Crippen LogP contribution in [-0.4, -0.2) is 39.8 Å². The van der Waals surface area contributed by atoms with E-state index in [0.717, 1.165) is 19.3 Å². The van der Waals surface area contributed by atoms with Crippen LogP contribution in [-0.2, 0) is 16.0 Å². The highest BCUT2D eigenvalue weighted by Crippen LogP contribution is 2.34. The van der Waals surface area contributed by atoms with Gasteiger partial charge in [0.25, 0.3) is 0 Å². The molecule has 1 N–H and O–H groups in total. The summed E-state index contributed by atoms with van der Waals surface area (Å²) in [4.78, 5) is 25.1. The zero-order chi connectivity index (χ0) is 18.6. The number of hydrogen-bond donors (Lipinski definition) is 1. The predicted molar refractivity (Wildman–Crippen MR) is 96.4 cm³/mol. The van der Waals surface area contributed by atoms with E-state index in [-0.39, 0.29) is 12.0 Å². The number of carbonyl (C=O) groups excluding carboxylic acids is 1. The van der Waals surface area contributed by atoms with E-state index in [4.69, 9.17) is 4.74 Å². The molecule has 0 spiro atoms. The number of rotatable bonds is 8. The first-order valence-corrected chi connectivity index (χ1v) is 9.00. The van der Waals surface area contributed by atoms with Crippen LogP contribution in [0.1, 0.15) is 52.5 Å². The van der Waals surface area contributed by atoms with Gasteiger partial charge in [0, 0.05) is 5.54 Å². The number of unbranched alkanes of at least 4 members (excludes halogenated alkanes) is 1. The van der Waals surface area contributed by atoms with E-state index in [1.807, 2.05) is 45.9 Å². The second-order valence-electron chi connectivity index (χ2n) is 7.75. The highest BCUT2D eigenvalue weighted by atomic mass is 16.6.